The molecule has 2 aromatic carbocycles. The summed E-state index contributed by atoms with van der Waals surface area (Å²) in [6.07, 6.45) is 7.42. The Morgan fingerprint density at radius 1 is 0.912 bits per heavy atom. The van der Waals surface area contributed by atoms with Crippen molar-refractivity contribution in [2.24, 2.45) is 11.8 Å². The van der Waals surface area contributed by atoms with Crippen LogP contribution < -0.4 is 20.7 Å². The van der Waals surface area contributed by atoms with E-state index in [1.165, 1.54) is 32.1 Å². The van der Waals surface area contributed by atoms with Crippen LogP contribution in [0.25, 0.3) is 0 Å². The molecular formula is C28H35N3O3. The zero-order valence-corrected chi connectivity index (χ0v) is 19.7. The normalized spacial score (nSPS) is 22.7. The van der Waals surface area contributed by atoms with Crippen LogP contribution in [-0.2, 0) is 9.59 Å². The van der Waals surface area contributed by atoms with Crippen LogP contribution in [0.1, 0.15) is 62.0 Å². The van der Waals surface area contributed by atoms with Crippen molar-refractivity contribution >= 4 is 11.8 Å². The third-order valence-electron chi connectivity index (χ3n) is 7.57. The van der Waals surface area contributed by atoms with Crippen molar-refractivity contribution in [1.29, 1.82) is 0 Å². The second-order valence-corrected chi connectivity index (χ2v) is 10.0. The molecular weight excluding hydrogens is 426 g/mol. The van der Waals surface area contributed by atoms with Gasteiger partial charge in [0.15, 0.2) is 0 Å². The van der Waals surface area contributed by atoms with Crippen molar-refractivity contribution in [1.82, 2.24) is 16.0 Å². The standard InChI is InChI=1S/C28H35N3O3/c32-27(14-19-8-2-1-3-9-19)31-21-15-20(16-29-17-21)28(33)30-18-24-22-10-4-6-12-25(22)34-26-13-7-5-11-23(24)26/h4-7,10-13,19-21,24,29H,1-3,8-9,14-18H2,(H,30,33)(H,31,32)/t20-,21+/m0/s1. The summed E-state index contributed by atoms with van der Waals surface area (Å²) in [4.78, 5) is 25.7. The van der Waals surface area contributed by atoms with Gasteiger partial charge in [-0.1, -0.05) is 55.7 Å². The molecule has 3 aliphatic rings. The maximum atomic E-state index is 13.1. The SMILES string of the molecule is O=C(CC1CCCCC1)N[C@H]1CNC[C@@H](C(=O)NCC2c3ccccc3Oc3ccccc32)C1. The van der Waals surface area contributed by atoms with Gasteiger partial charge < -0.3 is 20.7 Å². The zero-order chi connectivity index (χ0) is 23.3. The van der Waals surface area contributed by atoms with Gasteiger partial charge >= 0.3 is 0 Å². The smallest absolute Gasteiger partial charge is 0.224 e. The molecule has 3 N–H and O–H groups in total. The largest absolute Gasteiger partial charge is 0.457 e. The van der Waals surface area contributed by atoms with Crippen LogP contribution in [0, 0.1) is 11.8 Å². The lowest BCUT2D eigenvalue weighted by Crippen LogP contribution is -2.52. The number of ether oxygens (including phenoxy) is 1. The number of amides is 2. The molecule has 180 valence electrons. The summed E-state index contributed by atoms with van der Waals surface area (Å²) in [6.45, 7) is 1.88. The Balaban J connectivity index is 1.17. The van der Waals surface area contributed by atoms with Gasteiger partial charge in [-0.3, -0.25) is 9.59 Å². The Morgan fingerprint density at radius 2 is 1.59 bits per heavy atom. The van der Waals surface area contributed by atoms with E-state index < -0.39 is 0 Å². The van der Waals surface area contributed by atoms with Crippen LogP contribution in [0.4, 0.5) is 0 Å². The minimum absolute atomic E-state index is 0.00474. The van der Waals surface area contributed by atoms with Crippen LogP contribution in [-0.4, -0.2) is 37.5 Å². The number of piperidine rings is 1. The molecule has 2 aliphatic heterocycles. The molecule has 0 aromatic heterocycles. The molecule has 6 nitrogen and oxygen atoms in total. The number of hydrogen-bond donors (Lipinski definition) is 3. The summed E-state index contributed by atoms with van der Waals surface area (Å²) in [5.74, 6) is 2.29. The Hall–Kier alpha value is -2.86. The first-order chi connectivity index (χ1) is 16.7. The molecule has 0 unspecified atom stereocenters. The number of hydrogen-bond acceptors (Lipinski definition) is 4. The molecule has 2 atom stereocenters. The lowest BCUT2D eigenvalue weighted by Gasteiger charge is -2.32. The van der Waals surface area contributed by atoms with Crippen LogP contribution >= 0.6 is 0 Å². The average molecular weight is 462 g/mol. The first-order valence-corrected chi connectivity index (χ1v) is 12.8. The van der Waals surface area contributed by atoms with E-state index in [1.807, 2.05) is 36.4 Å². The number of benzene rings is 2. The maximum absolute atomic E-state index is 13.1. The molecule has 1 saturated heterocycles. The van der Waals surface area contributed by atoms with Gasteiger partial charge in [-0.15, -0.1) is 0 Å². The molecule has 0 spiro atoms. The molecule has 1 saturated carbocycles. The fraction of sp³-hybridized carbons (Fsp3) is 0.500. The third-order valence-corrected chi connectivity index (χ3v) is 7.57. The Morgan fingerprint density at radius 3 is 2.29 bits per heavy atom. The van der Waals surface area contributed by atoms with Crippen LogP contribution in [0.5, 0.6) is 11.5 Å². The lowest BCUT2D eigenvalue weighted by atomic mass is 9.86. The van der Waals surface area contributed by atoms with E-state index in [-0.39, 0.29) is 29.7 Å². The minimum atomic E-state index is -0.154. The molecule has 5 rings (SSSR count). The highest BCUT2D eigenvalue weighted by atomic mass is 16.5. The Bertz CT molecular complexity index is 972. The number of carbonyl (C=O) groups is 2. The first kappa shape index (κ1) is 22.9. The molecule has 6 heteroatoms. The number of para-hydroxylation sites is 2. The van der Waals surface area contributed by atoms with Crippen molar-refractivity contribution in [2.75, 3.05) is 19.6 Å². The molecule has 2 amide bonds. The second-order valence-electron chi connectivity index (χ2n) is 10.0. The zero-order valence-electron chi connectivity index (χ0n) is 19.7. The van der Waals surface area contributed by atoms with Crippen LogP contribution in [0.15, 0.2) is 48.5 Å². The molecule has 1 aliphatic carbocycles. The van der Waals surface area contributed by atoms with Crippen molar-refractivity contribution in [2.45, 2.75) is 56.9 Å². The first-order valence-electron chi connectivity index (χ1n) is 12.8. The van der Waals surface area contributed by atoms with Crippen LogP contribution in [0.2, 0.25) is 0 Å². The Kier molecular flexibility index (Phi) is 7.14. The van der Waals surface area contributed by atoms with E-state index in [0.29, 0.717) is 31.8 Å². The lowest BCUT2D eigenvalue weighted by molar-refractivity contribution is -0.127. The fourth-order valence-corrected chi connectivity index (χ4v) is 5.77. The van der Waals surface area contributed by atoms with Crippen molar-refractivity contribution in [3.63, 3.8) is 0 Å². The molecule has 0 radical (unpaired) electrons. The van der Waals surface area contributed by atoms with Gasteiger partial charge in [0, 0.05) is 49.1 Å². The second kappa shape index (κ2) is 10.6. The topological polar surface area (TPSA) is 79.5 Å². The van der Waals surface area contributed by atoms with Gasteiger partial charge in [-0.05, 0) is 37.3 Å². The van der Waals surface area contributed by atoms with Crippen LogP contribution in [0.3, 0.4) is 0 Å². The van der Waals surface area contributed by atoms with Gasteiger partial charge in [0.1, 0.15) is 11.5 Å². The predicted molar refractivity (Wildman–Crippen MR) is 132 cm³/mol. The molecule has 0 bridgehead atoms. The molecule has 2 fully saturated rings. The monoisotopic (exact) mass is 461 g/mol. The Labute approximate surface area is 201 Å². The van der Waals surface area contributed by atoms with E-state index in [2.05, 4.69) is 28.1 Å². The highest BCUT2D eigenvalue weighted by Gasteiger charge is 2.31. The summed E-state index contributed by atoms with van der Waals surface area (Å²) < 4.78 is 6.07. The quantitative estimate of drug-likeness (QED) is 0.605. The van der Waals surface area contributed by atoms with Crippen molar-refractivity contribution in [3.8, 4) is 11.5 Å². The van der Waals surface area contributed by atoms with E-state index in [0.717, 1.165) is 29.2 Å². The van der Waals surface area contributed by atoms with E-state index in [9.17, 15) is 9.59 Å². The van der Waals surface area contributed by atoms with Gasteiger partial charge in [-0.25, -0.2) is 0 Å². The molecule has 2 aromatic rings. The minimum Gasteiger partial charge on any atom is -0.457 e. The fourth-order valence-electron chi connectivity index (χ4n) is 5.77. The van der Waals surface area contributed by atoms with E-state index >= 15 is 0 Å². The van der Waals surface area contributed by atoms with Crippen molar-refractivity contribution in [3.05, 3.63) is 59.7 Å². The van der Waals surface area contributed by atoms with Gasteiger partial charge in [0.25, 0.3) is 0 Å². The van der Waals surface area contributed by atoms with Gasteiger partial charge in [0.05, 0.1) is 5.92 Å². The van der Waals surface area contributed by atoms with Gasteiger partial charge in [0.2, 0.25) is 11.8 Å². The number of nitrogens with one attached hydrogen (secondary N) is 3. The van der Waals surface area contributed by atoms with Gasteiger partial charge in [-0.2, -0.15) is 0 Å². The molecule has 2 heterocycles. The summed E-state index contributed by atoms with van der Waals surface area (Å²) in [5, 5.41) is 9.73. The highest BCUT2D eigenvalue weighted by Crippen LogP contribution is 2.43. The van der Waals surface area contributed by atoms with E-state index in [4.69, 9.17) is 4.74 Å². The molecule has 34 heavy (non-hydrogen) atoms. The number of fused-ring (bicyclic) bond motifs is 2. The average Bonchev–Trinajstić information content (AvgIpc) is 2.87. The summed E-state index contributed by atoms with van der Waals surface area (Å²) >= 11 is 0. The highest BCUT2D eigenvalue weighted by molar-refractivity contribution is 5.80. The van der Waals surface area contributed by atoms with Crippen molar-refractivity contribution < 1.29 is 14.3 Å². The predicted octanol–water partition coefficient (Wildman–Crippen LogP) is 4.11. The third kappa shape index (κ3) is 5.27. The maximum Gasteiger partial charge on any atom is 0.224 e. The summed E-state index contributed by atoms with van der Waals surface area (Å²) in [5.41, 5.74) is 2.19. The number of carbonyl (C=O) groups excluding carboxylic acids is 2. The van der Waals surface area contributed by atoms with E-state index in [1.54, 1.807) is 0 Å². The number of rotatable bonds is 6. The summed E-state index contributed by atoms with van der Waals surface area (Å²) in [7, 11) is 0. The summed E-state index contributed by atoms with van der Waals surface area (Å²) in [6, 6.07) is 16.1.